The van der Waals surface area contributed by atoms with Gasteiger partial charge in [0.15, 0.2) is 0 Å². The Morgan fingerprint density at radius 3 is 3.04 bits per heavy atom. The number of nitrogens with zero attached hydrogens (tertiary/aromatic N) is 2. The van der Waals surface area contributed by atoms with Crippen molar-refractivity contribution in [3.8, 4) is 0 Å². The monoisotopic (exact) mass is 318 g/mol. The highest BCUT2D eigenvalue weighted by molar-refractivity contribution is 5.77. The van der Waals surface area contributed by atoms with Crippen LogP contribution in [0.25, 0.3) is 11.0 Å². The van der Waals surface area contributed by atoms with Gasteiger partial charge in [0.1, 0.15) is 11.3 Å². The summed E-state index contributed by atoms with van der Waals surface area (Å²) in [5.41, 5.74) is 0.911. The van der Waals surface area contributed by atoms with E-state index in [1.807, 2.05) is 24.3 Å². The molecule has 6 nitrogen and oxygen atoms in total. The molecule has 1 saturated heterocycles. The maximum Gasteiger partial charge on any atom is 0.317 e. The van der Waals surface area contributed by atoms with Crippen LogP contribution in [0.2, 0.25) is 0 Å². The third kappa shape index (κ3) is 4.31. The Kier molecular flexibility index (Phi) is 4.95. The molecule has 2 aromatic rings. The number of furan rings is 1. The minimum absolute atomic E-state index is 0.0254. The predicted molar refractivity (Wildman–Crippen MR) is 86.4 cm³/mol. The number of aliphatic carboxylic acids is 1. The number of carboxylic acid groups (broad SMARTS) is 1. The Morgan fingerprint density at radius 2 is 2.26 bits per heavy atom. The number of para-hydroxylation sites is 1. The largest absolute Gasteiger partial charge is 0.480 e. The second-order valence-electron chi connectivity index (χ2n) is 6.07. The molecule has 0 radical (unpaired) electrons. The summed E-state index contributed by atoms with van der Waals surface area (Å²) in [6, 6.07) is 10.1. The molecule has 0 spiro atoms. The van der Waals surface area contributed by atoms with Crippen LogP contribution in [0.1, 0.15) is 5.76 Å². The summed E-state index contributed by atoms with van der Waals surface area (Å²) in [4.78, 5) is 14.8. The highest BCUT2D eigenvalue weighted by Crippen LogP contribution is 2.20. The fraction of sp³-hybridized carbons (Fsp3) is 0.471. The molecule has 1 aliphatic heterocycles. The van der Waals surface area contributed by atoms with Crippen LogP contribution in [0.3, 0.4) is 0 Å². The van der Waals surface area contributed by atoms with Crippen LogP contribution in [0, 0.1) is 0 Å². The van der Waals surface area contributed by atoms with E-state index in [0.717, 1.165) is 36.4 Å². The van der Waals surface area contributed by atoms with Crippen LogP contribution in [0.4, 0.5) is 0 Å². The lowest BCUT2D eigenvalue weighted by Crippen LogP contribution is -2.47. The first kappa shape index (κ1) is 16.0. The zero-order valence-electron chi connectivity index (χ0n) is 13.3. The number of rotatable bonds is 6. The van der Waals surface area contributed by atoms with Crippen molar-refractivity contribution in [2.45, 2.75) is 12.6 Å². The van der Waals surface area contributed by atoms with Gasteiger partial charge >= 0.3 is 5.97 Å². The molecule has 2 heterocycles. The van der Waals surface area contributed by atoms with E-state index in [1.54, 1.807) is 11.9 Å². The zero-order chi connectivity index (χ0) is 16.2. The average Bonchev–Trinajstić information content (AvgIpc) is 2.88. The standard InChI is InChI=1S/C17H22N2O4/c1-18(12-17(20)21)9-15-11-19(6-7-22-15)10-14-8-13-4-2-3-5-16(13)23-14/h2-5,8,15H,6-7,9-12H2,1H3,(H,20,21). The molecule has 1 aromatic heterocycles. The first-order valence-corrected chi connectivity index (χ1v) is 7.82. The molecule has 0 saturated carbocycles. The van der Waals surface area contributed by atoms with Crippen molar-refractivity contribution in [3.63, 3.8) is 0 Å². The first-order valence-electron chi connectivity index (χ1n) is 7.82. The third-order valence-electron chi connectivity index (χ3n) is 4.00. The van der Waals surface area contributed by atoms with Crippen LogP contribution in [-0.2, 0) is 16.1 Å². The normalized spacial score (nSPS) is 19.5. The van der Waals surface area contributed by atoms with Crippen LogP contribution in [-0.4, -0.2) is 66.8 Å². The summed E-state index contributed by atoms with van der Waals surface area (Å²) >= 11 is 0. The number of carbonyl (C=O) groups is 1. The third-order valence-corrected chi connectivity index (χ3v) is 4.00. The van der Waals surface area contributed by atoms with E-state index in [0.29, 0.717) is 13.2 Å². The zero-order valence-corrected chi connectivity index (χ0v) is 13.3. The van der Waals surface area contributed by atoms with Gasteiger partial charge in [-0.2, -0.15) is 0 Å². The molecule has 1 aromatic carbocycles. The minimum Gasteiger partial charge on any atom is -0.480 e. The average molecular weight is 318 g/mol. The van der Waals surface area contributed by atoms with Crippen LogP contribution in [0.5, 0.6) is 0 Å². The minimum atomic E-state index is -0.817. The summed E-state index contributed by atoms with van der Waals surface area (Å²) in [6.45, 7) is 3.69. The summed E-state index contributed by atoms with van der Waals surface area (Å²) in [5.74, 6) is 0.133. The Morgan fingerprint density at radius 1 is 1.43 bits per heavy atom. The van der Waals surface area contributed by atoms with E-state index >= 15 is 0 Å². The van der Waals surface area contributed by atoms with E-state index in [1.165, 1.54) is 0 Å². The van der Waals surface area contributed by atoms with Gasteiger partial charge in [-0.15, -0.1) is 0 Å². The number of fused-ring (bicyclic) bond motifs is 1. The van der Waals surface area contributed by atoms with Gasteiger partial charge in [-0.3, -0.25) is 14.6 Å². The fourth-order valence-electron chi connectivity index (χ4n) is 3.01. The van der Waals surface area contributed by atoms with Gasteiger partial charge in [-0.1, -0.05) is 18.2 Å². The molecule has 124 valence electrons. The number of morpholine rings is 1. The number of hydrogen-bond donors (Lipinski definition) is 1. The van der Waals surface area contributed by atoms with Gasteiger partial charge in [-0.05, 0) is 19.2 Å². The molecule has 1 fully saturated rings. The lowest BCUT2D eigenvalue weighted by Gasteiger charge is -2.34. The van der Waals surface area contributed by atoms with Crippen LogP contribution >= 0.6 is 0 Å². The molecule has 1 unspecified atom stereocenters. The van der Waals surface area contributed by atoms with Gasteiger partial charge < -0.3 is 14.3 Å². The van der Waals surface area contributed by atoms with Crippen molar-refractivity contribution in [1.82, 2.24) is 9.80 Å². The van der Waals surface area contributed by atoms with Gasteiger partial charge in [0.05, 0.1) is 25.8 Å². The van der Waals surface area contributed by atoms with Crippen molar-refractivity contribution < 1.29 is 19.1 Å². The van der Waals surface area contributed by atoms with Crippen molar-refractivity contribution in [2.75, 3.05) is 39.8 Å². The van der Waals surface area contributed by atoms with Gasteiger partial charge in [-0.25, -0.2) is 0 Å². The lowest BCUT2D eigenvalue weighted by atomic mass is 10.2. The van der Waals surface area contributed by atoms with E-state index < -0.39 is 5.97 Å². The molecule has 0 amide bonds. The SMILES string of the molecule is CN(CC(=O)O)CC1CN(Cc2cc3ccccc3o2)CCO1. The van der Waals surface area contributed by atoms with Gasteiger partial charge in [0, 0.05) is 25.0 Å². The van der Waals surface area contributed by atoms with Gasteiger partial charge in [0.2, 0.25) is 0 Å². The van der Waals surface area contributed by atoms with Gasteiger partial charge in [0.25, 0.3) is 0 Å². The molecular weight excluding hydrogens is 296 g/mol. The number of ether oxygens (including phenoxy) is 1. The molecule has 23 heavy (non-hydrogen) atoms. The van der Waals surface area contributed by atoms with Crippen LogP contribution in [0.15, 0.2) is 34.7 Å². The highest BCUT2D eigenvalue weighted by Gasteiger charge is 2.23. The Bertz CT molecular complexity index is 636. The number of likely N-dealkylation sites (N-methyl/N-ethyl adjacent to an activating group) is 1. The maximum atomic E-state index is 10.7. The second-order valence-corrected chi connectivity index (χ2v) is 6.07. The van der Waals surface area contributed by atoms with Crippen molar-refractivity contribution in [1.29, 1.82) is 0 Å². The van der Waals surface area contributed by atoms with E-state index in [9.17, 15) is 4.79 Å². The maximum absolute atomic E-state index is 10.7. The molecule has 0 bridgehead atoms. The Hall–Kier alpha value is -1.89. The molecule has 0 aliphatic carbocycles. The smallest absolute Gasteiger partial charge is 0.317 e. The Balaban J connectivity index is 1.56. The number of carboxylic acids is 1. The van der Waals surface area contributed by atoms with Crippen molar-refractivity contribution >= 4 is 16.9 Å². The van der Waals surface area contributed by atoms with Crippen LogP contribution < -0.4 is 0 Å². The predicted octanol–water partition coefficient (Wildman–Crippen LogP) is 1.65. The molecule has 6 heteroatoms. The quantitative estimate of drug-likeness (QED) is 0.873. The molecule has 1 atom stereocenters. The lowest BCUT2D eigenvalue weighted by molar-refractivity contribution is -0.138. The number of benzene rings is 1. The topological polar surface area (TPSA) is 66.2 Å². The number of hydrogen-bond acceptors (Lipinski definition) is 5. The Labute approximate surface area is 135 Å². The van der Waals surface area contributed by atoms with E-state index in [-0.39, 0.29) is 12.6 Å². The molecule has 1 aliphatic rings. The van der Waals surface area contributed by atoms with E-state index in [4.69, 9.17) is 14.3 Å². The molecule has 3 rings (SSSR count). The van der Waals surface area contributed by atoms with Crippen molar-refractivity contribution in [3.05, 3.63) is 36.1 Å². The highest BCUT2D eigenvalue weighted by atomic mass is 16.5. The summed E-state index contributed by atoms with van der Waals surface area (Å²) < 4.78 is 11.6. The summed E-state index contributed by atoms with van der Waals surface area (Å²) in [5, 5.41) is 9.94. The first-order chi connectivity index (χ1) is 11.1. The molecular formula is C17H22N2O4. The van der Waals surface area contributed by atoms with E-state index in [2.05, 4.69) is 11.0 Å². The summed E-state index contributed by atoms with van der Waals surface area (Å²) in [6.07, 6.45) is 0.0254. The van der Waals surface area contributed by atoms with Crippen molar-refractivity contribution in [2.24, 2.45) is 0 Å². The second kappa shape index (κ2) is 7.12. The fourth-order valence-corrected chi connectivity index (χ4v) is 3.01. The molecule has 1 N–H and O–H groups in total. The summed E-state index contributed by atoms with van der Waals surface area (Å²) in [7, 11) is 1.80.